The molecule has 1 aliphatic heterocycles. The summed E-state index contributed by atoms with van der Waals surface area (Å²) in [6.45, 7) is 3.71. The Morgan fingerprint density at radius 1 is 1.00 bits per heavy atom. The van der Waals surface area contributed by atoms with E-state index in [0.29, 0.717) is 32.3 Å². The number of nitriles is 1. The predicted octanol–water partition coefficient (Wildman–Crippen LogP) is 5.13. The summed E-state index contributed by atoms with van der Waals surface area (Å²) in [5, 5.41) is 16.0. The molecule has 0 amide bonds. The van der Waals surface area contributed by atoms with Crippen LogP contribution in [0.5, 0.6) is 0 Å². The van der Waals surface area contributed by atoms with E-state index in [2.05, 4.69) is 21.1 Å². The van der Waals surface area contributed by atoms with E-state index in [-0.39, 0.29) is 18.7 Å². The standard InChI is InChI=1S/C29H27N5O5S2/c1-16-5-9-18(10-6-16)27(35)37-15-22-21(39-28(36)19-11-7-17(2)8-12-19)13-23(38-22)34-25-24(20(14-30)33-34)26(40-3)32-29(31-25)41-4/h5-12,21-23H,13,15H2,1-4H3/t21-,22-,23+/m0/s1. The molecular formula is C29H27N5O5S2. The average Bonchev–Trinajstić information content (AvgIpc) is 3.56. The summed E-state index contributed by atoms with van der Waals surface area (Å²) in [4.78, 5) is 34.9. The second-order valence-corrected chi connectivity index (χ2v) is 11.0. The van der Waals surface area contributed by atoms with Crippen LogP contribution in [-0.4, -0.2) is 63.0 Å². The molecule has 3 heterocycles. The molecule has 0 aliphatic carbocycles. The van der Waals surface area contributed by atoms with Crippen LogP contribution in [0.1, 0.15) is 50.2 Å². The molecule has 0 unspecified atom stereocenters. The molecule has 2 aromatic heterocycles. The van der Waals surface area contributed by atoms with Gasteiger partial charge in [0.25, 0.3) is 0 Å². The van der Waals surface area contributed by atoms with E-state index in [4.69, 9.17) is 14.2 Å². The van der Waals surface area contributed by atoms with Gasteiger partial charge < -0.3 is 14.2 Å². The van der Waals surface area contributed by atoms with Gasteiger partial charge in [-0.1, -0.05) is 47.2 Å². The number of aryl methyl sites for hydroxylation is 2. The maximum atomic E-state index is 13.0. The smallest absolute Gasteiger partial charge is 0.338 e. The van der Waals surface area contributed by atoms with Crippen molar-refractivity contribution in [3.63, 3.8) is 0 Å². The topological polar surface area (TPSA) is 129 Å². The molecule has 12 heteroatoms. The van der Waals surface area contributed by atoms with Gasteiger partial charge in [-0.3, -0.25) is 0 Å². The van der Waals surface area contributed by atoms with Crippen molar-refractivity contribution in [1.29, 1.82) is 5.26 Å². The highest BCUT2D eigenvalue weighted by Gasteiger charge is 2.41. The first-order chi connectivity index (χ1) is 19.8. The van der Waals surface area contributed by atoms with Crippen molar-refractivity contribution in [2.45, 2.75) is 48.9 Å². The Bertz CT molecular complexity index is 1630. The van der Waals surface area contributed by atoms with Crippen molar-refractivity contribution in [2.24, 2.45) is 0 Å². The molecule has 3 atom stereocenters. The monoisotopic (exact) mass is 589 g/mol. The zero-order chi connectivity index (χ0) is 29.1. The molecule has 0 saturated carbocycles. The van der Waals surface area contributed by atoms with Gasteiger partial charge in [0.1, 0.15) is 29.9 Å². The molecule has 1 fully saturated rings. The Labute approximate surface area is 245 Å². The molecule has 4 aromatic rings. The normalized spacial score (nSPS) is 18.3. The molecule has 1 saturated heterocycles. The highest BCUT2D eigenvalue weighted by atomic mass is 32.2. The van der Waals surface area contributed by atoms with Crippen LogP contribution in [0.4, 0.5) is 0 Å². The van der Waals surface area contributed by atoms with Gasteiger partial charge in [-0.15, -0.1) is 11.8 Å². The first-order valence-corrected chi connectivity index (χ1v) is 15.2. The van der Waals surface area contributed by atoms with Gasteiger partial charge >= 0.3 is 11.9 Å². The summed E-state index contributed by atoms with van der Waals surface area (Å²) in [6, 6.07) is 16.2. The Balaban J connectivity index is 1.44. The molecule has 2 aromatic carbocycles. The number of hydrogen-bond donors (Lipinski definition) is 0. The van der Waals surface area contributed by atoms with Crippen molar-refractivity contribution < 1.29 is 23.8 Å². The lowest BCUT2D eigenvalue weighted by molar-refractivity contribution is -0.0590. The Morgan fingerprint density at radius 2 is 1.63 bits per heavy atom. The van der Waals surface area contributed by atoms with Crippen molar-refractivity contribution in [2.75, 3.05) is 19.1 Å². The molecule has 1 aliphatic rings. The third-order valence-electron chi connectivity index (χ3n) is 6.64. The van der Waals surface area contributed by atoms with E-state index in [1.165, 1.54) is 28.2 Å². The van der Waals surface area contributed by atoms with Gasteiger partial charge in [0.05, 0.1) is 16.5 Å². The van der Waals surface area contributed by atoms with Crippen molar-refractivity contribution >= 4 is 46.5 Å². The van der Waals surface area contributed by atoms with E-state index in [0.717, 1.165) is 11.1 Å². The van der Waals surface area contributed by atoms with Gasteiger partial charge in [0.15, 0.2) is 22.7 Å². The van der Waals surface area contributed by atoms with Crippen LogP contribution in [0.2, 0.25) is 0 Å². The highest BCUT2D eigenvalue weighted by Crippen LogP contribution is 2.36. The number of carbonyl (C=O) groups is 2. The van der Waals surface area contributed by atoms with Crippen LogP contribution in [0.25, 0.3) is 11.0 Å². The minimum atomic E-state index is -0.782. The van der Waals surface area contributed by atoms with Gasteiger partial charge in [-0.2, -0.15) is 10.4 Å². The molecule has 41 heavy (non-hydrogen) atoms. The highest BCUT2D eigenvalue weighted by molar-refractivity contribution is 7.99. The molecular weight excluding hydrogens is 562 g/mol. The number of nitrogens with zero attached hydrogens (tertiary/aromatic N) is 5. The number of hydrogen-bond acceptors (Lipinski definition) is 11. The number of aromatic nitrogens is 4. The number of thioether (sulfide) groups is 2. The quantitative estimate of drug-likeness (QED) is 0.117. The lowest BCUT2D eigenvalue weighted by Crippen LogP contribution is -2.32. The number of carbonyl (C=O) groups excluding carboxylic acids is 2. The molecule has 0 N–H and O–H groups in total. The van der Waals surface area contributed by atoms with Crippen LogP contribution < -0.4 is 0 Å². The molecule has 10 nitrogen and oxygen atoms in total. The van der Waals surface area contributed by atoms with E-state index in [1.807, 2.05) is 50.6 Å². The third kappa shape index (κ3) is 6.07. The largest absolute Gasteiger partial charge is 0.459 e. The second kappa shape index (κ2) is 12.3. The van der Waals surface area contributed by atoms with Gasteiger partial charge in [0, 0.05) is 6.42 Å². The second-order valence-electron chi connectivity index (χ2n) is 9.46. The fourth-order valence-corrected chi connectivity index (χ4v) is 5.44. The Kier molecular flexibility index (Phi) is 8.58. The van der Waals surface area contributed by atoms with Crippen LogP contribution in [0, 0.1) is 25.2 Å². The minimum absolute atomic E-state index is 0.152. The molecule has 5 rings (SSSR count). The van der Waals surface area contributed by atoms with E-state index >= 15 is 0 Å². The Morgan fingerprint density at radius 3 is 2.22 bits per heavy atom. The maximum absolute atomic E-state index is 13.0. The average molecular weight is 590 g/mol. The summed E-state index contributed by atoms with van der Waals surface area (Å²) in [5.74, 6) is -1.03. The number of benzene rings is 2. The number of ether oxygens (including phenoxy) is 3. The Hall–Kier alpha value is -3.92. The summed E-state index contributed by atoms with van der Waals surface area (Å²) in [6.07, 6.45) is 1.66. The van der Waals surface area contributed by atoms with E-state index in [1.54, 1.807) is 24.3 Å². The predicted molar refractivity (Wildman–Crippen MR) is 154 cm³/mol. The van der Waals surface area contributed by atoms with Crippen LogP contribution in [0.15, 0.2) is 58.7 Å². The first-order valence-electron chi connectivity index (χ1n) is 12.8. The van der Waals surface area contributed by atoms with Crippen LogP contribution in [0.3, 0.4) is 0 Å². The van der Waals surface area contributed by atoms with Crippen molar-refractivity contribution in [1.82, 2.24) is 19.7 Å². The van der Waals surface area contributed by atoms with E-state index < -0.39 is 30.4 Å². The molecule has 0 spiro atoms. The van der Waals surface area contributed by atoms with Crippen LogP contribution in [-0.2, 0) is 14.2 Å². The molecule has 210 valence electrons. The SMILES string of the molecule is CSc1nc(SC)c2c(C#N)nn([C@H]3C[C@H](OC(=O)c4ccc(C)cc4)[C@H](COC(=O)c4ccc(C)cc4)O3)c2n1. The van der Waals surface area contributed by atoms with Gasteiger partial charge in [-0.25, -0.2) is 24.2 Å². The molecule has 0 radical (unpaired) electrons. The lowest BCUT2D eigenvalue weighted by atomic mass is 10.1. The molecule has 0 bridgehead atoms. The summed E-state index contributed by atoms with van der Waals surface area (Å²) in [5.41, 5.74) is 3.45. The zero-order valence-electron chi connectivity index (χ0n) is 22.9. The third-order valence-corrected chi connectivity index (χ3v) is 7.87. The number of esters is 2. The van der Waals surface area contributed by atoms with Crippen molar-refractivity contribution in [3.8, 4) is 6.07 Å². The van der Waals surface area contributed by atoms with E-state index in [9.17, 15) is 14.9 Å². The lowest BCUT2D eigenvalue weighted by Gasteiger charge is -2.19. The summed E-state index contributed by atoms with van der Waals surface area (Å²) in [7, 11) is 0. The van der Waals surface area contributed by atoms with Crippen LogP contribution >= 0.6 is 23.5 Å². The zero-order valence-corrected chi connectivity index (χ0v) is 24.5. The minimum Gasteiger partial charge on any atom is -0.459 e. The number of fused-ring (bicyclic) bond motifs is 1. The fraction of sp³-hybridized carbons (Fsp3) is 0.310. The van der Waals surface area contributed by atoms with Gasteiger partial charge in [-0.05, 0) is 50.6 Å². The number of rotatable bonds is 8. The van der Waals surface area contributed by atoms with Crippen molar-refractivity contribution in [3.05, 3.63) is 76.5 Å². The van der Waals surface area contributed by atoms with Gasteiger partial charge in [0.2, 0.25) is 0 Å². The fourth-order valence-electron chi connectivity index (χ4n) is 4.46. The summed E-state index contributed by atoms with van der Waals surface area (Å²) >= 11 is 2.77. The maximum Gasteiger partial charge on any atom is 0.338 e. The summed E-state index contributed by atoms with van der Waals surface area (Å²) < 4.78 is 19.3. The first kappa shape index (κ1) is 28.6.